The van der Waals surface area contributed by atoms with E-state index in [1.807, 2.05) is 0 Å². The molecule has 0 fully saturated rings. The van der Waals surface area contributed by atoms with Crippen molar-refractivity contribution in [2.45, 2.75) is 52.7 Å². The zero-order valence-electron chi connectivity index (χ0n) is 15.3. The SMILES string of the molecule is COc1ccc(NC(=O)OC(C)(C)C)c(NC(=O)OC(C)(C)C)c1. The van der Waals surface area contributed by atoms with Crippen LogP contribution < -0.4 is 15.4 Å². The monoisotopic (exact) mass is 338 g/mol. The largest absolute Gasteiger partial charge is 0.497 e. The topological polar surface area (TPSA) is 85.9 Å². The molecule has 0 bridgehead atoms. The van der Waals surface area contributed by atoms with E-state index in [-0.39, 0.29) is 0 Å². The first-order valence-corrected chi connectivity index (χ1v) is 7.58. The normalized spacial score (nSPS) is 11.5. The summed E-state index contributed by atoms with van der Waals surface area (Å²) in [4.78, 5) is 23.9. The molecule has 0 heterocycles. The second-order valence-corrected chi connectivity index (χ2v) is 7.17. The number of ether oxygens (including phenoxy) is 3. The van der Waals surface area contributed by atoms with Gasteiger partial charge in [0, 0.05) is 6.07 Å². The number of rotatable bonds is 3. The van der Waals surface area contributed by atoms with Crippen LogP contribution in [-0.2, 0) is 9.47 Å². The molecule has 1 aromatic rings. The minimum atomic E-state index is -0.637. The van der Waals surface area contributed by atoms with Gasteiger partial charge in [-0.2, -0.15) is 0 Å². The summed E-state index contributed by atoms with van der Waals surface area (Å²) in [5, 5.41) is 5.20. The number of anilines is 2. The molecule has 24 heavy (non-hydrogen) atoms. The molecular weight excluding hydrogens is 312 g/mol. The maximum Gasteiger partial charge on any atom is 0.412 e. The number of carbonyl (C=O) groups is 2. The Labute approximate surface area is 142 Å². The van der Waals surface area contributed by atoms with E-state index in [4.69, 9.17) is 14.2 Å². The molecule has 7 heteroatoms. The van der Waals surface area contributed by atoms with Gasteiger partial charge in [0.1, 0.15) is 17.0 Å². The minimum absolute atomic E-state index is 0.342. The van der Waals surface area contributed by atoms with Crippen LogP contribution in [0.5, 0.6) is 5.75 Å². The number of methoxy groups -OCH3 is 1. The number of benzene rings is 1. The lowest BCUT2D eigenvalue weighted by molar-refractivity contribution is 0.0620. The van der Waals surface area contributed by atoms with E-state index in [9.17, 15) is 9.59 Å². The fourth-order valence-electron chi connectivity index (χ4n) is 1.69. The minimum Gasteiger partial charge on any atom is -0.497 e. The molecule has 1 rings (SSSR count). The second-order valence-electron chi connectivity index (χ2n) is 7.17. The van der Waals surface area contributed by atoms with Crippen LogP contribution in [0.25, 0.3) is 0 Å². The molecule has 1 aromatic carbocycles. The van der Waals surface area contributed by atoms with Crippen molar-refractivity contribution in [2.75, 3.05) is 17.7 Å². The highest BCUT2D eigenvalue weighted by Crippen LogP contribution is 2.28. The van der Waals surface area contributed by atoms with Gasteiger partial charge in [0.15, 0.2) is 0 Å². The Balaban J connectivity index is 2.96. The third-order valence-electron chi connectivity index (χ3n) is 2.50. The van der Waals surface area contributed by atoms with E-state index in [0.717, 1.165) is 0 Å². The standard InChI is InChI=1S/C17H26N2O5/c1-16(2,3)23-14(20)18-12-9-8-11(22-7)10-13(12)19-15(21)24-17(4,5)6/h8-10H,1-7H3,(H,18,20)(H,19,21). The zero-order chi connectivity index (χ0) is 18.5. The molecule has 0 atom stereocenters. The molecule has 0 aliphatic carbocycles. The number of hydrogen-bond acceptors (Lipinski definition) is 5. The maximum atomic E-state index is 12.0. The first-order valence-electron chi connectivity index (χ1n) is 7.58. The van der Waals surface area contributed by atoms with Crippen molar-refractivity contribution in [1.29, 1.82) is 0 Å². The van der Waals surface area contributed by atoms with Crippen LogP contribution in [0, 0.1) is 0 Å². The summed E-state index contributed by atoms with van der Waals surface area (Å²) < 4.78 is 15.6. The average Bonchev–Trinajstić information content (AvgIpc) is 2.36. The first-order chi connectivity index (χ1) is 10.9. The molecule has 0 aromatic heterocycles. The molecule has 0 aliphatic rings. The van der Waals surface area contributed by atoms with Gasteiger partial charge in [0.25, 0.3) is 0 Å². The molecule has 2 amide bonds. The van der Waals surface area contributed by atoms with E-state index in [1.54, 1.807) is 59.7 Å². The van der Waals surface area contributed by atoms with E-state index < -0.39 is 23.4 Å². The summed E-state index contributed by atoms with van der Waals surface area (Å²) in [7, 11) is 1.51. The third-order valence-corrected chi connectivity index (χ3v) is 2.50. The van der Waals surface area contributed by atoms with Crippen molar-refractivity contribution >= 4 is 23.6 Å². The van der Waals surface area contributed by atoms with E-state index in [0.29, 0.717) is 17.1 Å². The molecule has 134 valence electrons. The molecular formula is C17H26N2O5. The van der Waals surface area contributed by atoms with Crippen LogP contribution in [0.3, 0.4) is 0 Å². The van der Waals surface area contributed by atoms with Gasteiger partial charge in [-0.1, -0.05) is 0 Å². The van der Waals surface area contributed by atoms with Gasteiger partial charge >= 0.3 is 12.2 Å². The quantitative estimate of drug-likeness (QED) is 0.853. The van der Waals surface area contributed by atoms with E-state index >= 15 is 0 Å². The lowest BCUT2D eigenvalue weighted by Gasteiger charge is -2.22. The molecule has 2 N–H and O–H groups in total. The van der Waals surface area contributed by atoms with Crippen LogP contribution in [0.15, 0.2) is 18.2 Å². The number of nitrogens with one attached hydrogen (secondary N) is 2. The van der Waals surface area contributed by atoms with Crippen molar-refractivity contribution in [3.63, 3.8) is 0 Å². The fourth-order valence-corrected chi connectivity index (χ4v) is 1.69. The van der Waals surface area contributed by atoms with Gasteiger partial charge in [-0.05, 0) is 53.7 Å². The van der Waals surface area contributed by atoms with Crippen LogP contribution >= 0.6 is 0 Å². The summed E-state index contributed by atoms with van der Waals surface area (Å²) in [6, 6.07) is 4.85. The van der Waals surface area contributed by atoms with E-state index in [2.05, 4.69) is 10.6 Å². The fraction of sp³-hybridized carbons (Fsp3) is 0.529. The van der Waals surface area contributed by atoms with Crippen molar-refractivity contribution in [3.8, 4) is 5.75 Å². The molecule has 0 spiro atoms. The Morgan fingerprint density at radius 3 is 1.71 bits per heavy atom. The predicted octanol–water partition coefficient (Wildman–Crippen LogP) is 4.39. The second kappa shape index (κ2) is 7.42. The zero-order valence-corrected chi connectivity index (χ0v) is 15.3. The Hall–Kier alpha value is -2.44. The maximum absolute atomic E-state index is 12.0. The number of hydrogen-bond donors (Lipinski definition) is 2. The molecule has 0 aliphatic heterocycles. The first kappa shape index (κ1) is 19.6. The summed E-state index contributed by atoms with van der Waals surface area (Å²) in [6.07, 6.45) is -1.26. The van der Waals surface area contributed by atoms with Crippen molar-refractivity contribution in [1.82, 2.24) is 0 Å². The Morgan fingerprint density at radius 2 is 1.29 bits per heavy atom. The average molecular weight is 338 g/mol. The van der Waals surface area contributed by atoms with Crippen molar-refractivity contribution in [2.24, 2.45) is 0 Å². The number of amides is 2. The van der Waals surface area contributed by atoms with Gasteiger partial charge in [-0.25, -0.2) is 9.59 Å². The molecule has 0 saturated carbocycles. The van der Waals surface area contributed by atoms with Crippen LogP contribution in [0.4, 0.5) is 21.0 Å². The highest BCUT2D eigenvalue weighted by molar-refractivity contribution is 5.95. The summed E-state index contributed by atoms with van der Waals surface area (Å²) in [5.41, 5.74) is -0.554. The Bertz CT molecular complexity index is 600. The van der Waals surface area contributed by atoms with Crippen LogP contribution in [0.1, 0.15) is 41.5 Å². The molecule has 0 unspecified atom stereocenters. The predicted molar refractivity (Wildman–Crippen MR) is 92.7 cm³/mol. The lowest BCUT2D eigenvalue weighted by atomic mass is 10.2. The molecule has 7 nitrogen and oxygen atoms in total. The highest BCUT2D eigenvalue weighted by atomic mass is 16.6. The molecule has 0 radical (unpaired) electrons. The van der Waals surface area contributed by atoms with Crippen molar-refractivity contribution in [3.05, 3.63) is 18.2 Å². The van der Waals surface area contributed by atoms with Gasteiger partial charge in [0.2, 0.25) is 0 Å². The van der Waals surface area contributed by atoms with Gasteiger partial charge in [-0.3, -0.25) is 10.6 Å². The lowest BCUT2D eigenvalue weighted by Crippen LogP contribution is -2.29. The van der Waals surface area contributed by atoms with Gasteiger partial charge in [0.05, 0.1) is 18.5 Å². The summed E-state index contributed by atoms with van der Waals surface area (Å²) >= 11 is 0. The van der Waals surface area contributed by atoms with Crippen LogP contribution in [0.2, 0.25) is 0 Å². The Morgan fingerprint density at radius 1 is 0.833 bits per heavy atom. The Kier molecular flexibility index (Phi) is 6.06. The molecule has 0 saturated heterocycles. The van der Waals surface area contributed by atoms with E-state index in [1.165, 1.54) is 7.11 Å². The smallest absolute Gasteiger partial charge is 0.412 e. The highest BCUT2D eigenvalue weighted by Gasteiger charge is 2.20. The van der Waals surface area contributed by atoms with Crippen molar-refractivity contribution < 1.29 is 23.8 Å². The van der Waals surface area contributed by atoms with Gasteiger partial charge < -0.3 is 14.2 Å². The summed E-state index contributed by atoms with van der Waals surface area (Å²) in [5.74, 6) is 0.524. The van der Waals surface area contributed by atoms with Crippen LogP contribution in [-0.4, -0.2) is 30.5 Å². The van der Waals surface area contributed by atoms with Gasteiger partial charge in [-0.15, -0.1) is 0 Å². The summed E-state index contributed by atoms with van der Waals surface area (Å²) in [6.45, 7) is 10.6. The third kappa shape index (κ3) is 7.21. The number of carbonyl (C=O) groups excluding carboxylic acids is 2.